The Balaban J connectivity index is 1.46. The molecule has 2 heterocycles. The molecule has 1 saturated heterocycles. The average Bonchev–Trinajstić information content (AvgIpc) is 3.13. The van der Waals surface area contributed by atoms with E-state index in [1.807, 2.05) is 60.7 Å². The molecule has 0 bridgehead atoms. The van der Waals surface area contributed by atoms with E-state index in [0.29, 0.717) is 44.6 Å². The van der Waals surface area contributed by atoms with Crippen molar-refractivity contribution in [3.8, 4) is 23.0 Å². The van der Waals surface area contributed by atoms with Crippen LogP contribution in [0.1, 0.15) is 50.0 Å². The van der Waals surface area contributed by atoms with Gasteiger partial charge in [0, 0.05) is 24.8 Å². The van der Waals surface area contributed by atoms with E-state index in [9.17, 15) is 14.4 Å². The molecule has 0 radical (unpaired) electrons. The molecule has 1 fully saturated rings. The second kappa shape index (κ2) is 18.3. The highest BCUT2D eigenvalue weighted by atomic mass is 16.7. The Morgan fingerprint density at radius 1 is 0.979 bits per heavy atom. The number of pyridine rings is 1. The van der Waals surface area contributed by atoms with Crippen LogP contribution in [-0.4, -0.2) is 74.8 Å². The lowest BCUT2D eigenvalue weighted by Crippen LogP contribution is -2.45. The number of esters is 2. The molecule has 1 aliphatic rings. The summed E-state index contributed by atoms with van der Waals surface area (Å²) in [7, 11) is 1.40. The molecule has 4 rings (SSSR count). The molecule has 4 atom stereocenters. The molecular weight excluding hydrogens is 608 g/mol. The number of carbonyl (C=O) groups is 3. The van der Waals surface area contributed by atoms with E-state index in [2.05, 4.69) is 10.3 Å². The predicted molar refractivity (Wildman–Crippen MR) is 170 cm³/mol. The summed E-state index contributed by atoms with van der Waals surface area (Å²) in [4.78, 5) is 43.0. The molecule has 3 aromatic rings. The van der Waals surface area contributed by atoms with Gasteiger partial charge in [-0.1, -0.05) is 42.8 Å². The van der Waals surface area contributed by atoms with Crippen LogP contribution < -0.4 is 24.3 Å². The first-order valence-corrected chi connectivity index (χ1v) is 15.7. The van der Waals surface area contributed by atoms with Crippen molar-refractivity contribution in [3.63, 3.8) is 0 Å². The number of benzene rings is 2. The van der Waals surface area contributed by atoms with Crippen molar-refractivity contribution in [1.29, 1.82) is 0 Å². The Labute approximate surface area is 274 Å². The number of ether oxygens (including phenoxy) is 7. The van der Waals surface area contributed by atoms with Crippen molar-refractivity contribution in [2.24, 2.45) is 5.92 Å². The summed E-state index contributed by atoms with van der Waals surface area (Å²) in [5.74, 6) is -0.337. The van der Waals surface area contributed by atoms with Crippen LogP contribution in [-0.2, 0) is 23.8 Å². The lowest BCUT2D eigenvalue weighted by Gasteiger charge is -2.31. The van der Waals surface area contributed by atoms with Crippen LogP contribution in [0.3, 0.4) is 0 Å². The van der Waals surface area contributed by atoms with Gasteiger partial charge in [-0.15, -0.1) is 0 Å². The largest absolute Gasteiger partial charge is 0.494 e. The quantitative estimate of drug-likeness (QED) is 0.180. The third-order valence-electron chi connectivity index (χ3n) is 7.55. The lowest BCUT2D eigenvalue weighted by atomic mass is 9.89. The van der Waals surface area contributed by atoms with Gasteiger partial charge in [0.25, 0.3) is 5.91 Å². The second-order valence-electron chi connectivity index (χ2n) is 10.8. The number of carbonyl (C=O) groups excluding carboxylic acids is 3. The fourth-order valence-corrected chi connectivity index (χ4v) is 5.22. The van der Waals surface area contributed by atoms with E-state index in [0.717, 1.165) is 5.75 Å². The first kappa shape index (κ1) is 35.0. The maximum absolute atomic E-state index is 13.5. The third-order valence-corrected chi connectivity index (χ3v) is 7.55. The van der Waals surface area contributed by atoms with Crippen molar-refractivity contribution in [2.75, 3.05) is 33.7 Å². The number of hydrogen-bond acceptors (Lipinski definition) is 11. The van der Waals surface area contributed by atoms with E-state index in [4.69, 9.17) is 33.2 Å². The molecule has 1 N–H and O–H groups in total. The molecule has 2 aromatic carbocycles. The molecule has 47 heavy (non-hydrogen) atoms. The topological polar surface area (TPSA) is 141 Å². The number of aromatic nitrogens is 1. The van der Waals surface area contributed by atoms with Crippen LogP contribution >= 0.6 is 0 Å². The van der Waals surface area contributed by atoms with E-state index in [1.54, 1.807) is 13.8 Å². The van der Waals surface area contributed by atoms with Gasteiger partial charge in [-0.3, -0.25) is 4.79 Å². The molecule has 252 valence electrons. The van der Waals surface area contributed by atoms with Gasteiger partial charge in [0.15, 0.2) is 17.2 Å². The normalized spacial score (nSPS) is 19.6. The fraction of sp³-hybridized carbons (Fsp3) is 0.429. The summed E-state index contributed by atoms with van der Waals surface area (Å²) < 4.78 is 39.3. The number of rotatable bonds is 15. The van der Waals surface area contributed by atoms with E-state index in [-0.39, 0.29) is 29.7 Å². The molecule has 1 amide bonds. The van der Waals surface area contributed by atoms with Crippen molar-refractivity contribution in [2.45, 2.75) is 57.8 Å². The Morgan fingerprint density at radius 2 is 1.70 bits per heavy atom. The molecule has 12 heteroatoms. The van der Waals surface area contributed by atoms with Crippen LogP contribution in [0.4, 0.5) is 0 Å². The zero-order chi connectivity index (χ0) is 33.4. The van der Waals surface area contributed by atoms with Crippen LogP contribution in [0.2, 0.25) is 0 Å². The van der Waals surface area contributed by atoms with Crippen molar-refractivity contribution in [1.82, 2.24) is 10.3 Å². The van der Waals surface area contributed by atoms with Crippen LogP contribution in [0, 0.1) is 5.92 Å². The Morgan fingerprint density at radius 3 is 2.40 bits per heavy atom. The maximum Gasteiger partial charge on any atom is 0.334 e. The minimum Gasteiger partial charge on any atom is -0.494 e. The van der Waals surface area contributed by atoms with E-state index >= 15 is 0 Å². The first-order valence-electron chi connectivity index (χ1n) is 15.7. The minimum atomic E-state index is -0.966. The van der Waals surface area contributed by atoms with Gasteiger partial charge < -0.3 is 38.5 Å². The van der Waals surface area contributed by atoms with Crippen molar-refractivity contribution in [3.05, 3.63) is 78.6 Å². The molecular formula is C35H42N2O10. The predicted octanol–water partition coefficient (Wildman–Crippen LogP) is 4.75. The van der Waals surface area contributed by atoms with Crippen molar-refractivity contribution < 1.29 is 47.5 Å². The Kier molecular flexibility index (Phi) is 13.7. The van der Waals surface area contributed by atoms with Crippen LogP contribution in [0.15, 0.2) is 72.9 Å². The van der Waals surface area contributed by atoms with Gasteiger partial charge in [0.05, 0.1) is 13.7 Å². The second-order valence-corrected chi connectivity index (χ2v) is 10.8. The molecule has 12 nitrogen and oxygen atoms in total. The zero-order valence-electron chi connectivity index (χ0n) is 26.9. The first-order chi connectivity index (χ1) is 22.9. The number of methoxy groups -OCH3 is 1. The molecule has 0 aliphatic carbocycles. The lowest BCUT2D eigenvalue weighted by molar-refractivity contribution is -0.156. The monoisotopic (exact) mass is 650 g/mol. The third kappa shape index (κ3) is 10.6. The summed E-state index contributed by atoms with van der Waals surface area (Å²) in [5, 5.41) is 2.76. The Bertz CT molecular complexity index is 1420. The number of nitrogens with zero attached hydrogens (tertiary/aromatic N) is 1. The van der Waals surface area contributed by atoms with E-state index < -0.39 is 42.9 Å². The van der Waals surface area contributed by atoms with Gasteiger partial charge in [-0.2, -0.15) is 0 Å². The smallest absolute Gasteiger partial charge is 0.334 e. The molecule has 0 spiro atoms. The van der Waals surface area contributed by atoms with Gasteiger partial charge >= 0.3 is 11.9 Å². The van der Waals surface area contributed by atoms with Gasteiger partial charge in [-0.25, -0.2) is 14.6 Å². The van der Waals surface area contributed by atoms with Gasteiger partial charge in [0.1, 0.15) is 36.4 Å². The molecule has 1 aliphatic heterocycles. The molecule has 0 unspecified atom stereocenters. The highest BCUT2D eigenvalue weighted by molar-refractivity contribution is 5.98. The standard InChI is InChI=1S/C35H42N2O10/c1-4-42-22-30(38)44-23-45-33-29(41-3)18-20-36-31(33)34(39)37-28-17-11-12-25(19-21-43-26-13-7-5-8-14-26)32(24(2)46-35(28)40)47-27-15-9-6-10-16-27/h5-10,13-16,18,20,24-25,28,32H,4,11-12,17,19,21-23H2,1-3H3,(H,37,39)/t24-,25+,28-,32-/m0/s1. The SMILES string of the molecule is CCOCC(=O)OCOc1c(OC)ccnc1C(=O)N[C@H]1CCC[C@H](CCOc2ccccc2)[C@@H](Oc2ccccc2)[C@H](C)OC1=O. The summed E-state index contributed by atoms with van der Waals surface area (Å²) in [5.41, 5.74) is -0.146. The van der Waals surface area contributed by atoms with E-state index in [1.165, 1.54) is 19.4 Å². The maximum atomic E-state index is 13.5. The summed E-state index contributed by atoms with van der Waals surface area (Å²) in [6.07, 6.45) is 2.56. The Hall–Kier alpha value is -4.84. The number of cyclic esters (lactones) is 1. The summed E-state index contributed by atoms with van der Waals surface area (Å²) in [6, 6.07) is 19.5. The fourth-order valence-electron chi connectivity index (χ4n) is 5.22. The summed E-state index contributed by atoms with van der Waals surface area (Å²) in [6.45, 7) is 3.61. The highest BCUT2D eigenvalue weighted by Crippen LogP contribution is 2.31. The number of nitrogens with one attached hydrogen (secondary N) is 1. The summed E-state index contributed by atoms with van der Waals surface area (Å²) >= 11 is 0. The van der Waals surface area contributed by atoms with Crippen LogP contribution in [0.5, 0.6) is 23.0 Å². The highest BCUT2D eigenvalue weighted by Gasteiger charge is 2.36. The zero-order valence-corrected chi connectivity index (χ0v) is 26.9. The van der Waals surface area contributed by atoms with Gasteiger partial charge in [-0.05, 0) is 57.4 Å². The minimum absolute atomic E-state index is 0.0124. The average molecular weight is 651 g/mol. The number of amides is 1. The van der Waals surface area contributed by atoms with Gasteiger partial charge in [0.2, 0.25) is 6.79 Å². The van der Waals surface area contributed by atoms with Crippen LogP contribution in [0.25, 0.3) is 0 Å². The molecule has 0 saturated carbocycles. The number of para-hydroxylation sites is 2. The molecule has 1 aromatic heterocycles. The number of hydrogen-bond donors (Lipinski definition) is 1. The van der Waals surface area contributed by atoms with Crippen molar-refractivity contribution >= 4 is 17.8 Å².